The van der Waals surface area contributed by atoms with E-state index in [2.05, 4.69) is 20.4 Å². The van der Waals surface area contributed by atoms with Crippen LogP contribution in [0.4, 0.5) is 0 Å². The summed E-state index contributed by atoms with van der Waals surface area (Å²) in [7, 11) is 0. The minimum Gasteiger partial charge on any atom is -0.349 e. The third-order valence-electron chi connectivity index (χ3n) is 4.69. The molecule has 2 N–H and O–H groups in total. The summed E-state index contributed by atoms with van der Waals surface area (Å²) in [5.74, 6) is 0.166. The van der Waals surface area contributed by atoms with Gasteiger partial charge in [0.25, 0.3) is 5.56 Å². The Balaban J connectivity index is 1.67. The van der Waals surface area contributed by atoms with Gasteiger partial charge in [0, 0.05) is 12.1 Å². The number of rotatable bonds is 6. The molecule has 0 radical (unpaired) electrons. The second kappa shape index (κ2) is 7.75. The number of amides is 1. The number of nitrogens with one attached hydrogen (secondary N) is 2. The molecule has 0 fully saturated rings. The van der Waals surface area contributed by atoms with Gasteiger partial charge in [0.2, 0.25) is 5.91 Å². The standard InChI is InChI=1S/C20H23N5O3/c1-11(25-13(3)19(14(4)26)12(2)24-25)9-18(27)21-10-17-22-16-8-6-5-7-15(16)20(28)23-17/h5-8,11H,9-10H2,1-4H3,(H,21,27)(H,22,23,28). The van der Waals surface area contributed by atoms with E-state index < -0.39 is 0 Å². The van der Waals surface area contributed by atoms with Gasteiger partial charge in [-0.2, -0.15) is 5.10 Å². The number of benzene rings is 1. The van der Waals surface area contributed by atoms with Gasteiger partial charge in [-0.25, -0.2) is 4.98 Å². The molecule has 0 saturated carbocycles. The first-order valence-corrected chi connectivity index (χ1v) is 9.09. The molecule has 28 heavy (non-hydrogen) atoms. The Bertz CT molecular complexity index is 1110. The molecule has 2 aromatic heterocycles. The Morgan fingerprint density at radius 3 is 2.64 bits per heavy atom. The van der Waals surface area contributed by atoms with Crippen molar-refractivity contribution in [2.45, 2.75) is 46.7 Å². The highest BCUT2D eigenvalue weighted by molar-refractivity contribution is 5.96. The Hall–Kier alpha value is -3.29. The van der Waals surface area contributed by atoms with E-state index in [9.17, 15) is 14.4 Å². The quantitative estimate of drug-likeness (QED) is 0.636. The van der Waals surface area contributed by atoms with Crippen molar-refractivity contribution in [3.63, 3.8) is 0 Å². The van der Waals surface area contributed by atoms with Crippen molar-refractivity contribution in [1.82, 2.24) is 25.1 Å². The highest BCUT2D eigenvalue weighted by Crippen LogP contribution is 2.20. The number of Topliss-reactive ketones (excluding diaryl/α,β-unsaturated/α-hetero) is 1. The van der Waals surface area contributed by atoms with E-state index in [4.69, 9.17) is 0 Å². The third-order valence-corrected chi connectivity index (χ3v) is 4.69. The molecule has 0 aliphatic heterocycles. The van der Waals surface area contributed by atoms with Crippen molar-refractivity contribution < 1.29 is 9.59 Å². The first-order chi connectivity index (χ1) is 13.3. The van der Waals surface area contributed by atoms with Crippen molar-refractivity contribution in [1.29, 1.82) is 0 Å². The number of carbonyl (C=O) groups excluding carboxylic acids is 2. The first kappa shape index (κ1) is 19.5. The van der Waals surface area contributed by atoms with Gasteiger partial charge in [0.1, 0.15) is 5.82 Å². The number of fused-ring (bicyclic) bond motifs is 1. The first-order valence-electron chi connectivity index (χ1n) is 9.09. The van der Waals surface area contributed by atoms with Gasteiger partial charge >= 0.3 is 0 Å². The number of hydrogen-bond donors (Lipinski definition) is 2. The number of nitrogens with zero attached hydrogens (tertiary/aromatic N) is 3. The topological polar surface area (TPSA) is 110 Å². The highest BCUT2D eigenvalue weighted by atomic mass is 16.2. The van der Waals surface area contributed by atoms with Crippen molar-refractivity contribution in [3.05, 3.63) is 57.4 Å². The van der Waals surface area contributed by atoms with Crippen LogP contribution in [0.3, 0.4) is 0 Å². The van der Waals surface area contributed by atoms with Gasteiger partial charge < -0.3 is 10.3 Å². The average Bonchev–Trinajstić information content (AvgIpc) is 2.94. The molecule has 8 heteroatoms. The summed E-state index contributed by atoms with van der Waals surface area (Å²) in [6.45, 7) is 7.13. The molecule has 0 spiro atoms. The fourth-order valence-electron chi connectivity index (χ4n) is 3.43. The fraction of sp³-hybridized carbons (Fsp3) is 0.350. The van der Waals surface area contributed by atoms with Crippen LogP contribution < -0.4 is 10.9 Å². The van der Waals surface area contributed by atoms with Gasteiger partial charge in [0.05, 0.1) is 34.7 Å². The molecule has 3 aromatic rings. The predicted octanol–water partition coefficient (Wildman–Crippen LogP) is 2.21. The van der Waals surface area contributed by atoms with Crippen LogP contribution in [-0.4, -0.2) is 31.4 Å². The maximum atomic E-state index is 12.3. The van der Waals surface area contributed by atoms with Crippen LogP contribution in [0.2, 0.25) is 0 Å². The number of aromatic amines is 1. The van der Waals surface area contributed by atoms with Crippen LogP contribution >= 0.6 is 0 Å². The summed E-state index contributed by atoms with van der Waals surface area (Å²) in [4.78, 5) is 43.2. The van der Waals surface area contributed by atoms with Crippen LogP contribution in [0.25, 0.3) is 10.9 Å². The molecule has 0 bridgehead atoms. The molecule has 146 valence electrons. The van der Waals surface area contributed by atoms with Gasteiger partial charge in [-0.3, -0.25) is 19.1 Å². The summed E-state index contributed by atoms with van der Waals surface area (Å²) < 4.78 is 1.71. The monoisotopic (exact) mass is 381 g/mol. The Kier molecular flexibility index (Phi) is 5.39. The van der Waals surface area contributed by atoms with Crippen molar-refractivity contribution in [2.24, 2.45) is 0 Å². The van der Waals surface area contributed by atoms with Crippen LogP contribution in [0.5, 0.6) is 0 Å². The lowest BCUT2D eigenvalue weighted by Crippen LogP contribution is -2.28. The highest BCUT2D eigenvalue weighted by Gasteiger charge is 2.20. The lowest BCUT2D eigenvalue weighted by Gasteiger charge is -2.14. The van der Waals surface area contributed by atoms with E-state index in [0.717, 1.165) is 5.69 Å². The van der Waals surface area contributed by atoms with Crippen LogP contribution in [-0.2, 0) is 11.3 Å². The van der Waals surface area contributed by atoms with Crippen LogP contribution in [0.15, 0.2) is 29.1 Å². The largest absolute Gasteiger partial charge is 0.349 e. The fourth-order valence-corrected chi connectivity index (χ4v) is 3.43. The van der Waals surface area contributed by atoms with E-state index >= 15 is 0 Å². The Labute approximate surface area is 162 Å². The predicted molar refractivity (Wildman–Crippen MR) is 105 cm³/mol. The molecule has 1 atom stereocenters. The zero-order valence-electron chi connectivity index (χ0n) is 16.4. The molecular formula is C20H23N5O3. The van der Waals surface area contributed by atoms with Gasteiger partial charge in [0.15, 0.2) is 5.78 Å². The maximum absolute atomic E-state index is 12.3. The van der Waals surface area contributed by atoms with E-state index in [1.807, 2.05) is 19.9 Å². The van der Waals surface area contributed by atoms with Crippen molar-refractivity contribution >= 4 is 22.6 Å². The summed E-state index contributed by atoms with van der Waals surface area (Å²) in [6.07, 6.45) is 0.192. The van der Waals surface area contributed by atoms with Crippen molar-refractivity contribution in [2.75, 3.05) is 0 Å². The van der Waals surface area contributed by atoms with Gasteiger partial charge in [-0.15, -0.1) is 0 Å². The van der Waals surface area contributed by atoms with E-state index in [-0.39, 0.29) is 36.3 Å². The lowest BCUT2D eigenvalue weighted by molar-refractivity contribution is -0.122. The van der Waals surface area contributed by atoms with Crippen molar-refractivity contribution in [3.8, 4) is 0 Å². The summed E-state index contributed by atoms with van der Waals surface area (Å²) >= 11 is 0. The zero-order valence-corrected chi connectivity index (χ0v) is 16.4. The number of ketones is 1. The second-order valence-corrected chi connectivity index (χ2v) is 6.91. The number of aryl methyl sites for hydroxylation is 1. The smallest absolute Gasteiger partial charge is 0.258 e. The molecule has 3 rings (SSSR count). The zero-order chi connectivity index (χ0) is 20.4. The normalized spacial score (nSPS) is 12.1. The number of aromatic nitrogens is 4. The summed E-state index contributed by atoms with van der Waals surface area (Å²) in [5, 5.41) is 7.69. The number of para-hydroxylation sites is 1. The van der Waals surface area contributed by atoms with E-state index in [1.165, 1.54) is 6.92 Å². The molecule has 0 saturated heterocycles. The minimum atomic E-state index is -0.234. The molecular weight excluding hydrogens is 358 g/mol. The van der Waals surface area contributed by atoms with E-state index in [0.29, 0.717) is 28.0 Å². The Morgan fingerprint density at radius 2 is 1.96 bits per heavy atom. The number of carbonyl (C=O) groups is 2. The average molecular weight is 381 g/mol. The Morgan fingerprint density at radius 1 is 1.25 bits per heavy atom. The lowest BCUT2D eigenvalue weighted by atomic mass is 10.1. The van der Waals surface area contributed by atoms with Crippen LogP contribution in [0.1, 0.15) is 53.9 Å². The van der Waals surface area contributed by atoms with Crippen LogP contribution in [0, 0.1) is 13.8 Å². The third kappa shape index (κ3) is 3.85. The maximum Gasteiger partial charge on any atom is 0.258 e. The van der Waals surface area contributed by atoms with Gasteiger partial charge in [-0.05, 0) is 39.8 Å². The molecule has 0 aliphatic carbocycles. The molecule has 2 heterocycles. The summed E-state index contributed by atoms with van der Waals surface area (Å²) in [5.41, 5.74) is 2.37. The van der Waals surface area contributed by atoms with Gasteiger partial charge in [-0.1, -0.05) is 12.1 Å². The molecule has 1 unspecified atom stereocenters. The SMILES string of the molecule is CC(=O)c1c(C)nn(C(C)CC(=O)NCc2nc3ccccc3c(=O)[nH]2)c1C. The summed E-state index contributed by atoms with van der Waals surface area (Å²) in [6, 6.07) is 6.83. The molecule has 1 aromatic carbocycles. The molecule has 1 amide bonds. The second-order valence-electron chi connectivity index (χ2n) is 6.91. The van der Waals surface area contributed by atoms with E-state index in [1.54, 1.807) is 29.8 Å². The molecule has 0 aliphatic rings. The number of H-pyrrole nitrogens is 1. The molecule has 8 nitrogen and oxygen atoms in total. The number of hydrogen-bond acceptors (Lipinski definition) is 5. The minimum absolute atomic E-state index is 0.0377.